The molecule has 0 fully saturated rings. The highest BCUT2D eigenvalue weighted by Gasteiger charge is 2.11. The second kappa shape index (κ2) is 6.01. The molecule has 0 aromatic rings. The van der Waals surface area contributed by atoms with Gasteiger partial charge in [0.1, 0.15) is 0 Å². The van der Waals surface area contributed by atoms with Crippen LogP contribution in [0.25, 0.3) is 0 Å². The number of aliphatic carboxylic acids is 1. The van der Waals surface area contributed by atoms with Gasteiger partial charge < -0.3 is 10.4 Å². The summed E-state index contributed by atoms with van der Waals surface area (Å²) in [6.45, 7) is 7.19. The Morgan fingerprint density at radius 2 is 1.67 bits per heavy atom. The Balaban J connectivity index is 4.41. The predicted molar refractivity (Wildman–Crippen MR) is 58.5 cm³/mol. The van der Waals surface area contributed by atoms with E-state index in [4.69, 9.17) is 5.11 Å². The van der Waals surface area contributed by atoms with Crippen LogP contribution in [0.2, 0.25) is 0 Å². The minimum atomic E-state index is -1.06. The lowest BCUT2D eigenvalue weighted by atomic mass is 10.1. The molecule has 0 aliphatic carbocycles. The van der Waals surface area contributed by atoms with E-state index >= 15 is 0 Å². The standard InChI is InChI=1S/C11H17NO3/c1-7(2)5-6-12-10(13)8(3)9(4)11(14)15/h5H,6H2,1-4H3,(H,12,13)(H,14,15). The van der Waals surface area contributed by atoms with Crippen LogP contribution in [0.1, 0.15) is 27.7 Å². The molecular weight excluding hydrogens is 194 g/mol. The van der Waals surface area contributed by atoms with Gasteiger partial charge in [-0.25, -0.2) is 4.79 Å². The molecular formula is C11H17NO3. The Labute approximate surface area is 89.7 Å². The van der Waals surface area contributed by atoms with E-state index in [1.165, 1.54) is 13.8 Å². The van der Waals surface area contributed by atoms with Crippen LogP contribution in [-0.2, 0) is 9.59 Å². The Morgan fingerprint density at radius 1 is 1.13 bits per heavy atom. The Kier molecular flexibility index (Phi) is 5.37. The van der Waals surface area contributed by atoms with Gasteiger partial charge in [-0.05, 0) is 27.7 Å². The van der Waals surface area contributed by atoms with Crippen LogP contribution in [0.5, 0.6) is 0 Å². The molecule has 4 nitrogen and oxygen atoms in total. The van der Waals surface area contributed by atoms with Gasteiger partial charge in [0.05, 0.1) is 0 Å². The zero-order valence-electron chi connectivity index (χ0n) is 9.55. The number of carbonyl (C=O) groups excluding carboxylic acids is 1. The van der Waals surface area contributed by atoms with E-state index in [0.717, 1.165) is 5.57 Å². The van der Waals surface area contributed by atoms with Gasteiger partial charge >= 0.3 is 5.97 Å². The molecule has 84 valence electrons. The van der Waals surface area contributed by atoms with Crippen molar-refractivity contribution in [3.63, 3.8) is 0 Å². The molecule has 0 bridgehead atoms. The third kappa shape index (κ3) is 5.00. The van der Waals surface area contributed by atoms with Crippen LogP contribution in [0, 0.1) is 0 Å². The zero-order valence-corrected chi connectivity index (χ0v) is 9.55. The van der Waals surface area contributed by atoms with Crippen molar-refractivity contribution >= 4 is 11.9 Å². The number of rotatable bonds is 4. The fraction of sp³-hybridized carbons (Fsp3) is 0.455. The largest absolute Gasteiger partial charge is 0.478 e. The minimum Gasteiger partial charge on any atom is -0.478 e. The summed E-state index contributed by atoms with van der Waals surface area (Å²) >= 11 is 0. The van der Waals surface area contributed by atoms with Gasteiger partial charge in [-0.15, -0.1) is 0 Å². The molecule has 0 saturated heterocycles. The molecule has 1 amide bonds. The molecule has 0 aliphatic heterocycles. The minimum absolute atomic E-state index is 0.0738. The predicted octanol–water partition coefficient (Wildman–Crippen LogP) is 1.49. The normalized spacial score (nSPS) is 11.5. The first-order valence-corrected chi connectivity index (χ1v) is 4.68. The maximum absolute atomic E-state index is 11.4. The van der Waals surface area contributed by atoms with E-state index in [1.54, 1.807) is 0 Å². The van der Waals surface area contributed by atoms with Gasteiger partial charge in [0.15, 0.2) is 0 Å². The van der Waals surface area contributed by atoms with Gasteiger partial charge in [-0.1, -0.05) is 11.6 Å². The highest BCUT2D eigenvalue weighted by atomic mass is 16.4. The van der Waals surface area contributed by atoms with E-state index in [-0.39, 0.29) is 17.1 Å². The summed E-state index contributed by atoms with van der Waals surface area (Å²) in [6.07, 6.45) is 1.86. The third-order valence-electron chi connectivity index (χ3n) is 2.00. The molecule has 0 aromatic heterocycles. The molecule has 0 spiro atoms. The van der Waals surface area contributed by atoms with E-state index in [9.17, 15) is 9.59 Å². The fourth-order valence-corrected chi connectivity index (χ4v) is 0.811. The molecule has 0 aromatic carbocycles. The molecule has 15 heavy (non-hydrogen) atoms. The zero-order chi connectivity index (χ0) is 12.0. The average molecular weight is 211 g/mol. The highest BCUT2D eigenvalue weighted by Crippen LogP contribution is 2.03. The summed E-state index contributed by atoms with van der Waals surface area (Å²) in [7, 11) is 0. The van der Waals surface area contributed by atoms with E-state index in [2.05, 4.69) is 5.32 Å². The lowest BCUT2D eigenvalue weighted by Crippen LogP contribution is -2.25. The molecule has 0 saturated carbocycles. The molecule has 0 unspecified atom stereocenters. The number of hydrogen-bond acceptors (Lipinski definition) is 2. The summed E-state index contributed by atoms with van der Waals surface area (Å²) in [5, 5.41) is 11.3. The smallest absolute Gasteiger partial charge is 0.331 e. The van der Waals surface area contributed by atoms with Crippen molar-refractivity contribution in [3.05, 3.63) is 22.8 Å². The molecule has 4 heteroatoms. The molecule has 0 radical (unpaired) electrons. The van der Waals surface area contributed by atoms with Gasteiger partial charge in [0.2, 0.25) is 5.91 Å². The van der Waals surface area contributed by atoms with Crippen LogP contribution in [0.15, 0.2) is 22.8 Å². The monoisotopic (exact) mass is 211 g/mol. The first-order valence-electron chi connectivity index (χ1n) is 4.68. The SMILES string of the molecule is CC(C)=CCNC(=O)C(C)=C(C)C(=O)O. The first-order chi connectivity index (χ1) is 6.86. The Bertz CT molecular complexity index is 323. The number of carbonyl (C=O) groups is 2. The summed E-state index contributed by atoms with van der Waals surface area (Å²) < 4.78 is 0. The molecule has 0 aliphatic rings. The van der Waals surface area contributed by atoms with Gasteiger partial charge in [0.25, 0.3) is 0 Å². The second-order valence-corrected chi connectivity index (χ2v) is 3.55. The number of nitrogens with one attached hydrogen (secondary N) is 1. The number of allylic oxidation sites excluding steroid dienone is 1. The van der Waals surface area contributed by atoms with Gasteiger partial charge in [0, 0.05) is 17.7 Å². The number of hydrogen-bond donors (Lipinski definition) is 2. The quantitative estimate of drug-likeness (QED) is 0.547. The second-order valence-electron chi connectivity index (χ2n) is 3.55. The Hall–Kier alpha value is -1.58. The number of amides is 1. The van der Waals surface area contributed by atoms with Crippen molar-refractivity contribution in [2.24, 2.45) is 0 Å². The lowest BCUT2D eigenvalue weighted by molar-refractivity contribution is -0.133. The van der Waals surface area contributed by atoms with Gasteiger partial charge in [-0.2, -0.15) is 0 Å². The van der Waals surface area contributed by atoms with Crippen molar-refractivity contribution in [2.75, 3.05) is 6.54 Å². The topological polar surface area (TPSA) is 66.4 Å². The van der Waals surface area contributed by atoms with Crippen LogP contribution in [-0.4, -0.2) is 23.5 Å². The maximum Gasteiger partial charge on any atom is 0.331 e. The first kappa shape index (κ1) is 13.4. The fourth-order valence-electron chi connectivity index (χ4n) is 0.811. The van der Waals surface area contributed by atoms with Crippen molar-refractivity contribution in [2.45, 2.75) is 27.7 Å². The molecule has 0 heterocycles. The number of carboxylic acids is 1. The van der Waals surface area contributed by atoms with Crippen LogP contribution < -0.4 is 5.32 Å². The Morgan fingerprint density at radius 3 is 2.07 bits per heavy atom. The average Bonchev–Trinajstić information content (AvgIpc) is 2.14. The van der Waals surface area contributed by atoms with Gasteiger partial charge in [-0.3, -0.25) is 4.79 Å². The van der Waals surface area contributed by atoms with E-state index in [0.29, 0.717) is 6.54 Å². The van der Waals surface area contributed by atoms with Crippen LogP contribution >= 0.6 is 0 Å². The van der Waals surface area contributed by atoms with Crippen molar-refractivity contribution in [1.29, 1.82) is 0 Å². The van der Waals surface area contributed by atoms with E-state index < -0.39 is 5.97 Å². The highest BCUT2D eigenvalue weighted by molar-refractivity contribution is 6.01. The van der Waals surface area contributed by atoms with Crippen molar-refractivity contribution in [3.8, 4) is 0 Å². The van der Waals surface area contributed by atoms with Crippen LogP contribution in [0.3, 0.4) is 0 Å². The summed E-state index contributed by atoms with van der Waals surface area (Å²) in [6, 6.07) is 0. The third-order valence-corrected chi connectivity index (χ3v) is 2.00. The lowest BCUT2D eigenvalue weighted by Gasteiger charge is -2.04. The number of carboxylic acid groups (broad SMARTS) is 1. The molecule has 0 rings (SSSR count). The summed E-state index contributed by atoms with van der Waals surface area (Å²) in [5.41, 5.74) is 1.42. The summed E-state index contributed by atoms with van der Waals surface area (Å²) in [4.78, 5) is 22.0. The summed E-state index contributed by atoms with van der Waals surface area (Å²) in [5.74, 6) is -1.41. The van der Waals surface area contributed by atoms with E-state index in [1.807, 2.05) is 19.9 Å². The van der Waals surface area contributed by atoms with Crippen molar-refractivity contribution < 1.29 is 14.7 Å². The molecule has 0 atom stereocenters. The molecule has 2 N–H and O–H groups in total. The van der Waals surface area contributed by atoms with Crippen molar-refractivity contribution in [1.82, 2.24) is 5.32 Å². The van der Waals surface area contributed by atoms with Crippen LogP contribution in [0.4, 0.5) is 0 Å². The maximum atomic E-state index is 11.4.